The average Bonchev–Trinajstić information content (AvgIpc) is 2.14. The highest BCUT2D eigenvalue weighted by Gasteiger charge is 1.92. The maximum atomic E-state index is 4.16. The normalized spacial score (nSPS) is 9.75. The number of aryl methyl sites for hydroxylation is 1. The van der Waals surface area contributed by atoms with Crippen molar-refractivity contribution in [2.75, 3.05) is 0 Å². The number of hydrogen-bond donors (Lipinski definition) is 0. The number of thiazole rings is 1. The minimum Gasteiger partial charge on any atom is -0.234 e. The highest BCUT2D eigenvalue weighted by atomic mass is 79.9. The Labute approximate surface area is 60.9 Å². The zero-order chi connectivity index (χ0) is 5.98. The van der Waals surface area contributed by atoms with Gasteiger partial charge in [0.2, 0.25) is 0 Å². The van der Waals surface area contributed by atoms with E-state index in [1.807, 2.05) is 0 Å². The number of rotatable bonds is 1. The fraction of sp³-hybridized carbons (Fsp3) is 0.400. The summed E-state index contributed by atoms with van der Waals surface area (Å²) in [5.41, 5.74) is 1.17. The van der Waals surface area contributed by atoms with Crippen LogP contribution in [-0.2, 0) is 6.42 Å². The molecule has 0 atom stereocenters. The lowest BCUT2D eigenvalue weighted by Gasteiger charge is -1.78. The molecule has 1 aromatic rings. The van der Waals surface area contributed by atoms with Crippen molar-refractivity contribution in [3.05, 3.63) is 15.0 Å². The summed E-state index contributed by atoms with van der Waals surface area (Å²) in [5, 5.41) is 2.06. The molecule has 0 saturated carbocycles. The topological polar surface area (TPSA) is 12.9 Å². The molecule has 0 N–H and O–H groups in total. The van der Waals surface area contributed by atoms with E-state index in [1.54, 1.807) is 11.3 Å². The van der Waals surface area contributed by atoms with E-state index in [1.165, 1.54) is 5.69 Å². The lowest BCUT2D eigenvalue weighted by Crippen LogP contribution is -1.74. The minimum absolute atomic E-state index is 0.981. The third-order valence-corrected chi connectivity index (χ3v) is 2.30. The largest absolute Gasteiger partial charge is 0.234 e. The van der Waals surface area contributed by atoms with Gasteiger partial charge in [-0.1, -0.05) is 6.92 Å². The van der Waals surface area contributed by atoms with Crippen LogP contribution in [0.2, 0.25) is 0 Å². The molecule has 0 radical (unpaired) electrons. The number of nitrogens with zero attached hydrogens (tertiary/aromatic N) is 1. The smallest absolute Gasteiger partial charge is 0.159 e. The van der Waals surface area contributed by atoms with Crippen LogP contribution in [-0.4, -0.2) is 4.98 Å². The second-order valence-corrected chi connectivity index (χ2v) is 3.58. The Morgan fingerprint density at radius 1 is 1.88 bits per heavy atom. The SMILES string of the molecule is CCc1csc(Br)n1. The molecule has 1 nitrogen and oxygen atoms in total. The summed E-state index contributed by atoms with van der Waals surface area (Å²) in [4.78, 5) is 4.16. The van der Waals surface area contributed by atoms with Crippen LogP contribution in [0.3, 0.4) is 0 Å². The van der Waals surface area contributed by atoms with Crippen molar-refractivity contribution in [3.8, 4) is 0 Å². The third kappa shape index (κ3) is 1.29. The van der Waals surface area contributed by atoms with Crippen LogP contribution in [0.5, 0.6) is 0 Å². The maximum absolute atomic E-state index is 4.16. The molecule has 0 saturated heterocycles. The van der Waals surface area contributed by atoms with E-state index in [4.69, 9.17) is 0 Å². The Morgan fingerprint density at radius 3 is 2.88 bits per heavy atom. The summed E-state index contributed by atoms with van der Waals surface area (Å²) < 4.78 is 0.981. The highest BCUT2D eigenvalue weighted by Crippen LogP contribution is 2.15. The van der Waals surface area contributed by atoms with Gasteiger partial charge in [-0.2, -0.15) is 0 Å². The Morgan fingerprint density at radius 2 is 2.62 bits per heavy atom. The van der Waals surface area contributed by atoms with Crippen LogP contribution in [0.25, 0.3) is 0 Å². The molecule has 3 heteroatoms. The standard InChI is InChI=1S/C5H6BrNS/c1-2-4-3-8-5(6)7-4/h3H,2H2,1H3. The van der Waals surface area contributed by atoms with Crippen LogP contribution in [0.1, 0.15) is 12.6 Å². The van der Waals surface area contributed by atoms with E-state index in [0.29, 0.717) is 0 Å². The molecule has 0 aromatic carbocycles. The van der Waals surface area contributed by atoms with E-state index in [0.717, 1.165) is 10.3 Å². The summed E-state index contributed by atoms with van der Waals surface area (Å²) in [6.07, 6.45) is 1.03. The molecule has 8 heavy (non-hydrogen) atoms. The first-order valence-corrected chi connectivity index (χ1v) is 4.10. The number of aromatic nitrogens is 1. The van der Waals surface area contributed by atoms with Gasteiger partial charge in [-0.05, 0) is 22.4 Å². The van der Waals surface area contributed by atoms with Crippen LogP contribution in [0.4, 0.5) is 0 Å². The second kappa shape index (κ2) is 2.60. The minimum atomic E-state index is 0.981. The fourth-order valence-electron chi connectivity index (χ4n) is 0.445. The first kappa shape index (κ1) is 6.23. The maximum Gasteiger partial charge on any atom is 0.159 e. The Balaban J connectivity index is 2.84. The summed E-state index contributed by atoms with van der Waals surface area (Å²) in [6.45, 7) is 2.10. The first-order chi connectivity index (χ1) is 3.83. The molecule has 1 heterocycles. The van der Waals surface area contributed by atoms with Gasteiger partial charge in [0.15, 0.2) is 3.92 Å². The summed E-state index contributed by atoms with van der Waals surface area (Å²) in [5.74, 6) is 0. The van der Waals surface area contributed by atoms with E-state index < -0.39 is 0 Å². The number of halogens is 1. The van der Waals surface area contributed by atoms with Crippen molar-refractivity contribution in [1.82, 2.24) is 4.98 Å². The van der Waals surface area contributed by atoms with Gasteiger partial charge in [0.1, 0.15) is 0 Å². The zero-order valence-electron chi connectivity index (χ0n) is 4.52. The van der Waals surface area contributed by atoms with E-state index in [2.05, 4.69) is 33.2 Å². The van der Waals surface area contributed by atoms with Crippen LogP contribution in [0, 0.1) is 0 Å². The third-order valence-electron chi connectivity index (χ3n) is 0.886. The molecular formula is C5H6BrNS. The molecule has 0 bridgehead atoms. The van der Waals surface area contributed by atoms with Gasteiger partial charge in [0.25, 0.3) is 0 Å². The summed E-state index contributed by atoms with van der Waals surface area (Å²) >= 11 is 4.91. The van der Waals surface area contributed by atoms with Crippen molar-refractivity contribution >= 4 is 27.3 Å². The predicted molar refractivity (Wildman–Crippen MR) is 39.2 cm³/mol. The first-order valence-electron chi connectivity index (χ1n) is 2.43. The second-order valence-electron chi connectivity index (χ2n) is 1.45. The fourth-order valence-corrected chi connectivity index (χ4v) is 1.58. The molecule has 0 aliphatic carbocycles. The Bertz CT molecular complexity index is 173. The predicted octanol–water partition coefficient (Wildman–Crippen LogP) is 2.47. The van der Waals surface area contributed by atoms with Gasteiger partial charge < -0.3 is 0 Å². The van der Waals surface area contributed by atoms with Gasteiger partial charge in [-0.25, -0.2) is 4.98 Å². The quantitative estimate of drug-likeness (QED) is 0.665. The molecule has 44 valence electrons. The molecule has 0 amide bonds. The van der Waals surface area contributed by atoms with Crippen molar-refractivity contribution in [1.29, 1.82) is 0 Å². The van der Waals surface area contributed by atoms with Gasteiger partial charge in [-0.15, -0.1) is 11.3 Å². The monoisotopic (exact) mass is 191 g/mol. The van der Waals surface area contributed by atoms with Gasteiger partial charge in [0.05, 0.1) is 5.69 Å². The van der Waals surface area contributed by atoms with E-state index in [-0.39, 0.29) is 0 Å². The van der Waals surface area contributed by atoms with E-state index >= 15 is 0 Å². The molecule has 1 aromatic heterocycles. The average molecular weight is 192 g/mol. The molecular weight excluding hydrogens is 186 g/mol. The highest BCUT2D eigenvalue weighted by molar-refractivity contribution is 9.11. The van der Waals surface area contributed by atoms with Gasteiger partial charge in [0, 0.05) is 5.38 Å². The lowest BCUT2D eigenvalue weighted by molar-refractivity contribution is 1.06. The van der Waals surface area contributed by atoms with Crippen LogP contribution >= 0.6 is 27.3 Å². The van der Waals surface area contributed by atoms with Gasteiger partial charge >= 0.3 is 0 Å². The lowest BCUT2D eigenvalue weighted by atomic mass is 10.4. The molecule has 0 fully saturated rings. The Hall–Kier alpha value is 0.110. The Kier molecular flexibility index (Phi) is 2.02. The zero-order valence-corrected chi connectivity index (χ0v) is 6.92. The van der Waals surface area contributed by atoms with Crippen molar-refractivity contribution < 1.29 is 0 Å². The van der Waals surface area contributed by atoms with Crippen LogP contribution in [0.15, 0.2) is 9.30 Å². The van der Waals surface area contributed by atoms with Crippen molar-refractivity contribution in [2.45, 2.75) is 13.3 Å². The van der Waals surface area contributed by atoms with Crippen LogP contribution < -0.4 is 0 Å². The van der Waals surface area contributed by atoms with Gasteiger partial charge in [-0.3, -0.25) is 0 Å². The summed E-state index contributed by atoms with van der Waals surface area (Å²) in [6, 6.07) is 0. The van der Waals surface area contributed by atoms with Crippen molar-refractivity contribution in [2.24, 2.45) is 0 Å². The number of hydrogen-bond acceptors (Lipinski definition) is 2. The van der Waals surface area contributed by atoms with Crippen molar-refractivity contribution in [3.63, 3.8) is 0 Å². The molecule has 1 rings (SSSR count). The molecule has 0 aliphatic rings. The van der Waals surface area contributed by atoms with E-state index in [9.17, 15) is 0 Å². The molecule has 0 unspecified atom stereocenters. The summed E-state index contributed by atoms with van der Waals surface area (Å²) in [7, 11) is 0. The molecule has 0 spiro atoms. The molecule has 0 aliphatic heterocycles.